The lowest BCUT2D eigenvalue weighted by molar-refractivity contribution is -0.139. The first-order valence-corrected chi connectivity index (χ1v) is 12.5. The van der Waals surface area contributed by atoms with E-state index in [2.05, 4.69) is 44.4 Å². The molecule has 1 spiro atoms. The Morgan fingerprint density at radius 2 is 1.85 bits per heavy atom. The van der Waals surface area contributed by atoms with Crippen molar-refractivity contribution in [3.8, 4) is 11.1 Å². The van der Waals surface area contributed by atoms with Crippen LogP contribution in [0.15, 0.2) is 42.6 Å². The maximum Gasteiger partial charge on any atom is 0.269 e. The lowest BCUT2D eigenvalue weighted by atomic mass is 9.91. The van der Waals surface area contributed by atoms with E-state index in [1.165, 1.54) is 19.3 Å². The van der Waals surface area contributed by atoms with E-state index in [-0.39, 0.29) is 11.8 Å². The van der Waals surface area contributed by atoms with Gasteiger partial charge in [0.05, 0.1) is 6.10 Å². The number of benzene rings is 1. The van der Waals surface area contributed by atoms with Crippen molar-refractivity contribution < 1.29 is 14.7 Å². The fourth-order valence-electron chi connectivity index (χ4n) is 6.08. The van der Waals surface area contributed by atoms with Crippen LogP contribution in [0.4, 0.5) is 0 Å². The number of β-amino-alcohol motifs (C(OH)–C–C–N with tert-alkyl or cyclic N) is 1. The lowest BCUT2D eigenvalue weighted by Gasteiger charge is -2.36. The van der Waals surface area contributed by atoms with Crippen LogP contribution in [0, 0.1) is 0 Å². The van der Waals surface area contributed by atoms with E-state index in [1.807, 2.05) is 6.07 Å². The van der Waals surface area contributed by atoms with Gasteiger partial charge in [0, 0.05) is 50.9 Å². The topological polar surface area (TPSA) is 85.8 Å². The summed E-state index contributed by atoms with van der Waals surface area (Å²) in [5.41, 5.74) is 2.92. The lowest BCUT2D eigenvalue weighted by Crippen LogP contribution is -2.51. The molecule has 5 rings (SSSR count). The number of amides is 2. The van der Waals surface area contributed by atoms with Crippen LogP contribution in [0.25, 0.3) is 11.1 Å². The molecule has 1 saturated carbocycles. The number of rotatable bonds is 5. The summed E-state index contributed by atoms with van der Waals surface area (Å²) in [6.45, 7) is 2.00. The van der Waals surface area contributed by atoms with E-state index in [1.54, 1.807) is 19.3 Å². The van der Waals surface area contributed by atoms with Crippen LogP contribution in [-0.4, -0.2) is 69.5 Å². The molecule has 2 amide bonds. The number of likely N-dealkylation sites (tertiary alicyclic amines) is 2. The SMILES string of the molecule is CNC(=O)c1ccc(-c2ccc(CN3C[C@H](O)CC34CCN(C3CCCCC3)C4=O)cc2)cn1. The average Bonchev–Trinajstić information content (AvgIpc) is 3.37. The molecular weight excluding hydrogens is 428 g/mol. The molecule has 2 atom stereocenters. The molecule has 7 nitrogen and oxygen atoms in total. The number of pyridine rings is 1. The second-order valence-electron chi connectivity index (χ2n) is 10.0. The van der Waals surface area contributed by atoms with Gasteiger partial charge < -0.3 is 15.3 Å². The van der Waals surface area contributed by atoms with Crippen molar-refractivity contribution >= 4 is 11.8 Å². The van der Waals surface area contributed by atoms with Crippen molar-refractivity contribution in [1.82, 2.24) is 20.1 Å². The minimum atomic E-state index is -0.560. The number of aliphatic hydroxyl groups excluding tert-OH is 1. The van der Waals surface area contributed by atoms with Gasteiger partial charge in [0.1, 0.15) is 11.2 Å². The highest BCUT2D eigenvalue weighted by Crippen LogP contribution is 2.42. The van der Waals surface area contributed by atoms with Crippen LogP contribution in [0.1, 0.15) is 61.0 Å². The number of carbonyl (C=O) groups excluding carboxylic acids is 2. The van der Waals surface area contributed by atoms with Crippen LogP contribution in [0.5, 0.6) is 0 Å². The first-order chi connectivity index (χ1) is 16.5. The standard InChI is InChI=1S/C27H34N4O3/c1-28-25(33)24-12-11-21(16-29-24)20-9-7-19(8-10-20)17-30-18-23(32)15-27(30)13-14-31(26(27)34)22-5-3-2-4-6-22/h7-12,16,22-23,32H,2-6,13-15,17-18H2,1H3,(H,28,33)/t23-,27?/m1/s1. The summed E-state index contributed by atoms with van der Waals surface area (Å²) in [5.74, 6) is 0.0296. The summed E-state index contributed by atoms with van der Waals surface area (Å²) in [4.78, 5) is 34.0. The summed E-state index contributed by atoms with van der Waals surface area (Å²) in [7, 11) is 1.59. The zero-order chi connectivity index (χ0) is 23.7. The second kappa shape index (κ2) is 9.47. The first kappa shape index (κ1) is 23.0. The molecule has 1 unspecified atom stereocenters. The maximum atomic E-state index is 13.6. The summed E-state index contributed by atoms with van der Waals surface area (Å²) < 4.78 is 0. The van der Waals surface area contributed by atoms with E-state index in [0.717, 1.165) is 42.5 Å². The van der Waals surface area contributed by atoms with Gasteiger partial charge in [-0.3, -0.25) is 19.5 Å². The summed E-state index contributed by atoms with van der Waals surface area (Å²) >= 11 is 0. The van der Waals surface area contributed by atoms with Crippen LogP contribution < -0.4 is 5.32 Å². The van der Waals surface area contributed by atoms with Crippen LogP contribution in [0.3, 0.4) is 0 Å². The maximum absolute atomic E-state index is 13.6. The quantitative estimate of drug-likeness (QED) is 0.714. The molecule has 1 aromatic carbocycles. The van der Waals surface area contributed by atoms with Crippen LogP contribution in [0.2, 0.25) is 0 Å². The molecule has 2 aromatic rings. The number of hydrogen-bond acceptors (Lipinski definition) is 5. The van der Waals surface area contributed by atoms with E-state index in [4.69, 9.17) is 0 Å². The molecule has 2 N–H and O–H groups in total. The number of aliphatic hydroxyl groups is 1. The predicted molar refractivity (Wildman–Crippen MR) is 130 cm³/mol. The Hall–Kier alpha value is -2.77. The average molecular weight is 463 g/mol. The highest BCUT2D eigenvalue weighted by Gasteiger charge is 2.56. The zero-order valence-electron chi connectivity index (χ0n) is 19.9. The second-order valence-corrected chi connectivity index (χ2v) is 10.0. The number of nitrogens with zero attached hydrogens (tertiary/aromatic N) is 3. The van der Waals surface area contributed by atoms with Gasteiger partial charge in [-0.2, -0.15) is 0 Å². The van der Waals surface area contributed by atoms with Crippen molar-refractivity contribution in [2.45, 2.75) is 69.2 Å². The number of nitrogens with one attached hydrogen (secondary N) is 1. The molecule has 3 heterocycles. The molecule has 7 heteroatoms. The molecule has 0 radical (unpaired) electrons. The molecule has 2 saturated heterocycles. The van der Waals surface area contributed by atoms with Crippen molar-refractivity contribution in [3.63, 3.8) is 0 Å². The van der Waals surface area contributed by atoms with E-state index >= 15 is 0 Å². The van der Waals surface area contributed by atoms with Gasteiger partial charge in [0.15, 0.2) is 0 Å². The Morgan fingerprint density at radius 3 is 2.53 bits per heavy atom. The molecule has 2 aliphatic heterocycles. The smallest absolute Gasteiger partial charge is 0.269 e. The number of hydrogen-bond donors (Lipinski definition) is 2. The first-order valence-electron chi connectivity index (χ1n) is 12.5. The van der Waals surface area contributed by atoms with Gasteiger partial charge in [0.2, 0.25) is 5.91 Å². The summed E-state index contributed by atoms with van der Waals surface area (Å²) in [5, 5.41) is 13.1. The van der Waals surface area contributed by atoms with Gasteiger partial charge in [-0.25, -0.2) is 0 Å². The normalized spacial score (nSPS) is 25.9. The minimum absolute atomic E-state index is 0.202. The molecule has 1 aromatic heterocycles. The molecule has 3 aliphatic rings. The van der Waals surface area contributed by atoms with E-state index in [0.29, 0.717) is 31.2 Å². The van der Waals surface area contributed by atoms with Crippen molar-refractivity contribution in [1.29, 1.82) is 0 Å². The third-order valence-corrected chi connectivity index (χ3v) is 7.93. The fraction of sp³-hybridized carbons (Fsp3) is 0.519. The predicted octanol–water partition coefficient (Wildman–Crippen LogP) is 2.98. The Kier molecular flexibility index (Phi) is 6.40. The minimum Gasteiger partial charge on any atom is -0.392 e. The fourth-order valence-corrected chi connectivity index (χ4v) is 6.08. The molecule has 34 heavy (non-hydrogen) atoms. The molecule has 180 valence electrons. The number of carbonyl (C=O) groups is 2. The van der Waals surface area contributed by atoms with Crippen LogP contribution in [-0.2, 0) is 11.3 Å². The zero-order valence-corrected chi connectivity index (χ0v) is 19.9. The molecule has 1 aliphatic carbocycles. The van der Waals surface area contributed by atoms with Gasteiger partial charge in [0.25, 0.3) is 5.91 Å². The third kappa shape index (κ3) is 4.23. The Balaban J connectivity index is 1.29. The molecular formula is C27H34N4O3. The van der Waals surface area contributed by atoms with Gasteiger partial charge in [-0.1, -0.05) is 49.6 Å². The van der Waals surface area contributed by atoms with E-state index < -0.39 is 11.6 Å². The van der Waals surface area contributed by atoms with Crippen LogP contribution >= 0.6 is 0 Å². The van der Waals surface area contributed by atoms with Gasteiger partial charge >= 0.3 is 0 Å². The Labute approximate surface area is 201 Å². The summed E-state index contributed by atoms with van der Waals surface area (Å²) in [6.07, 6.45) is 8.53. The van der Waals surface area contributed by atoms with Crippen molar-refractivity contribution in [2.75, 3.05) is 20.1 Å². The third-order valence-electron chi connectivity index (χ3n) is 7.93. The number of aromatic nitrogens is 1. The van der Waals surface area contributed by atoms with Crippen molar-refractivity contribution in [2.24, 2.45) is 0 Å². The monoisotopic (exact) mass is 462 g/mol. The van der Waals surface area contributed by atoms with Crippen molar-refractivity contribution in [3.05, 3.63) is 53.9 Å². The molecule has 0 bridgehead atoms. The summed E-state index contributed by atoms with van der Waals surface area (Å²) in [6, 6.07) is 12.3. The highest BCUT2D eigenvalue weighted by molar-refractivity contribution is 5.92. The Morgan fingerprint density at radius 1 is 1.12 bits per heavy atom. The Bertz CT molecular complexity index is 1030. The largest absolute Gasteiger partial charge is 0.392 e. The highest BCUT2D eigenvalue weighted by atomic mass is 16.3. The molecule has 3 fully saturated rings. The van der Waals surface area contributed by atoms with Gasteiger partial charge in [-0.05, 0) is 36.5 Å². The van der Waals surface area contributed by atoms with Gasteiger partial charge in [-0.15, -0.1) is 0 Å². The van der Waals surface area contributed by atoms with E-state index in [9.17, 15) is 14.7 Å².